The molecule has 0 bridgehead atoms. The fourth-order valence-corrected chi connectivity index (χ4v) is 0.620. The van der Waals surface area contributed by atoms with E-state index >= 15 is 0 Å². The minimum atomic E-state index is -0.0648. The second-order valence-electron chi connectivity index (χ2n) is 1.62. The molecule has 0 aromatic heterocycles. The normalized spacial score (nSPS) is 10.5. The van der Waals surface area contributed by atoms with Gasteiger partial charge in [0.25, 0.3) is 0 Å². The Balaban J connectivity index is 2.92. The predicted octanol–water partition coefficient (Wildman–Crippen LogP) is 0.359. The number of aliphatic hydroxyl groups is 2. The second kappa shape index (κ2) is 5.35. The molecule has 0 aromatic rings. The number of hydrogen-bond donors (Lipinski definition) is 2. The summed E-state index contributed by atoms with van der Waals surface area (Å²) in [6, 6.07) is 0. The minimum absolute atomic E-state index is 0.0648. The standard InChI is InChI=1S/C5H11ClO2/c6-5(1-3-7)2-4-8/h5,7-8H,1-4H2. The van der Waals surface area contributed by atoms with Crippen LogP contribution in [0.15, 0.2) is 0 Å². The lowest BCUT2D eigenvalue weighted by molar-refractivity contribution is 0.259. The van der Waals surface area contributed by atoms with Crippen molar-refractivity contribution in [1.29, 1.82) is 0 Å². The van der Waals surface area contributed by atoms with Crippen LogP contribution in [0.3, 0.4) is 0 Å². The van der Waals surface area contributed by atoms with Crippen LogP contribution in [-0.2, 0) is 0 Å². The maximum Gasteiger partial charge on any atom is 0.0445 e. The van der Waals surface area contributed by atoms with Gasteiger partial charge in [-0.1, -0.05) is 0 Å². The van der Waals surface area contributed by atoms with E-state index in [1.54, 1.807) is 0 Å². The van der Waals surface area contributed by atoms with Crippen molar-refractivity contribution in [2.45, 2.75) is 18.2 Å². The third-order valence-electron chi connectivity index (χ3n) is 0.885. The Morgan fingerprint density at radius 3 is 1.75 bits per heavy atom. The van der Waals surface area contributed by atoms with Gasteiger partial charge in [-0.25, -0.2) is 0 Å². The fourth-order valence-electron chi connectivity index (χ4n) is 0.425. The molecule has 50 valence electrons. The van der Waals surface area contributed by atoms with Crippen LogP contribution >= 0.6 is 11.6 Å². The van der Waals surface area contributed by atoms with Gasteiger partial charge in [0.2, 0.25) is 0 Å². The Morgan fingerprint density at radius 1 is 1.12 bits per heavy atom. The van der Waals surface area contributed by atoms with E-state index in [0.717, 1.165) is 0 Å². The monoisotopic (exact) mass is 138 g/mol. The number of halogens is 1. The van der Waals surface area contributed by atoms with E-state index in [1.165, 1.54) is 0 Å². The van der Waals surface area contributed by atoms with Crippen molar-refractivity contribution in [2.75, 3.05) is 13.2 Å². The van der Waals surface area contributed by atoms with E-state index in [0.29, 0.717) is 12.8 Å². The maximum atomic E-state index is 8.30. The van der Waals surface area contributed by atoms with E-state index in [-0.39, 0.29) is 18.6 Å². The van der Waals surface area contributed by atoms with E-state index in [1.807, 2.05) is 0 Å². The highest BCUT2D eigenvalue weighted by Gasteiger charge is 2.00. The van der Waals surface area contributed by atoms with Gasteiger partial charge in [-0.05, 0) is 12.8 Å². The van der Waals surface area contributed by atoms with Crippen molar-refractivity contribution < 1.29 is 10.2 Å². The molecule has 2 nitrogen and oxygen atoms in total. The molecule has 0 heterocycles. The van der Waals surface area contributed by atoms with Gasteiger partial charge in [0.15, 0.2) is 0 Å². The number of rotatable bonds is 4. The number of hydrogen-bond acceptors (Lipinski definition) is 2. The van der Waals surface area contributed by atoms with Gasteiger partial charge in [-0.2, -0.15) is 0 Å². The quantitative estimate of drug-likeness (QED) is 0.551. The minimum Gasteiger partial charge on any atom is -0.396 e. The fraction of sp³-hybridized carbons (Fsp3) is 1.00. The summed E-state index contributed by atoms with van der Waals surface area (Å²) in [4.78, 5) is 0. The summed E-state index contributed by atoms with van der Waals surface area (Å²) < 4.78 is 0. The average molecular weight is 139 g/mol. The smallest absolute Gasteiger partial charge is 0.0445 e. The molecule has 0 amide bonds. The van der Waals surface area contributed by atoms with Gasteiger partial charge in [0, 0.05) is 18.6 Å². The van der Waals surface area contributed by atoms with Crippen LogP contribution in [0.25, 0.3) is 0 Å². The Labute approximate surface area is 54.1 Å². The van der Waals surface area contributed by atoms with E-state index in [4.69, 9.17) is 21.8 Å². The molecule has 0 fully saturated rings. The highest BCUT2D eigenvalue weighted by Crippen LogP contribution is 2.04. The van der Waals surface area contributed by atoms with Gasteiger partial charge in [0.1, 0.15) is 0 Å². The lowest BCUT2D eigenvalue weighted by Gasteiger charge is -2.02. The molecule has 3 heteroatoms. The number of alkyl halides is 1. The summed E-state index contributed by atoms with van der Waals surface area (Å²) in [6.07, 6.45) is 1.14. The molecule has 0 aromatic carbocycles. The maximum absolute atomic E-state index is 8.30. The third kappa shape index (κ3) is 4.37. The van der Waals surface area contributed by atoms with Crippen molar-refractivity contribution in [1.82, 2.24) is 0 Å². The molecule has 0 saturated heterocycles. The number of aliphatic hydroxyl groups excluding tert-OH is 2. The van der Waals surface area contributed by atoms with Gasteiger partial charge >= 0.3 is 0 Å². The van der Waals surface area contributed by atoms with Crippen LogP contribution in [0.4, 0.5) is 0 Å². The molecule has 0 aliphatic carbocycles. The highest BCUT2D eigenvalue weighted by atomic mass is 35.5. The van der Waals surface area contributed by atoms with Gasteiger partial charge < -0.3 is 10.2 Å². The Morgan fingerprint density at radius 2 is 1.50 bits per heavy atom. The summed E-state index contributed by atoms with van der Waals surface area (Å²) in [5.41, 5.74) is 0. The van der Waals surface area contributed by atoms with Crippen molar-refractivity contribution in [3.05, 3.63) is 0 Å². The summed E-state index contributed by atoms with van der Waals surface area (Å²) in [6.45, 7) is 0.211. The van der Waals surface area contributed by atoms with Gasteiger partial charge in [-0.15, -0.1) is 11.6 Å². The molecule has 0 rings (SSSR count). The lowest BCUT2D eigenvalue weighted by atomic mass is 10.2. The van der Waals surface area contributed by atoms with Crippen molar-refractivity contribution in [2.24, 2.45) is 0 Å². The summed E-state index contributed by atoms with van der Waals surface area (Å²) in [5.74, 6) is 0. The summed E-state index contributed by atoms with van der Waals surface area (Å²) in [7, 11) is 0. The molecular formula is C5H11ClO2. The van der Waals surface area contributed by atoms with Crippen LogP contribution in [-0.4, -0.2) is 28.8 Å². The van der Waals surface area contributed by atoms with Crippen LogP contribution in [0.5, 0.6) is 0 Å². The van der Waals surface area contributed by atoms with Crippen LogP contribution < -0.4 is 0 Å². The van der Waals surface area contributed by atoms with E-state index in [9.17, 15) is 0 Å². The first-order valence-corrected chi connectivity index (χ1v) is 3.10. The van der Waals surface area contributed by atoms with Gasteiger partial charge in [-0.3, -0.25) is 0 Å². The first kappa shape index (κ1) is 8.21. The second-order valence-corrected chi connectivity index (χ2v) is 2.24. The molecule has 0 unspecified atom stereocenters. The Kier molecular flexibility index (Phi) is 5.49. The third-order valence-corrected chi connectivity index (χ3v) is 1.32. The molecule has 0 atom stereocenters. The first-order valence-electron chi connectivity index (χ1n) is 2.67. The van der Waals surface area contributed by atoms with Gasteiger partial charge in [0.05, 0.1) is 0 Å². The topological polar surface area (TPSA) is 40.5 Å². The molecule has 2 N–H and O–H groups in total. The lowest BCUT2D eigenvalue weighted by Crippen LogP contribution is -2.03. The predicted molar refractivity (Wildman–Crippen MR) is 33.0 cm³/mol. The average Bonchev–Trinajstić information content (AvgIpc) is 1.68. The molecule has 0 aliphatic heterocycles. The van der Waals surface area contributed by atoms with Crippen molar-refractivity contribution in [3.63, 3.8) is 0 Å². The molecule has 0 saturated carbocycles. The van der Waals surface area contributed by atoms with E-state index < -0.39 is 0 Å². The Bertz CT molecular complexity index is 43.7. The highest BCUT2D eigenvalue weighted by molar-refractivity contribution is 6.20. The zero-order chi connectivity index (χ0) is 6.41. The van der Waals surface area contributed by atoms with Crippen LogP contribution in [0.2, 0.25) is 0 Å². The molecule has 0 spiro atoms. The summed E-state index contributed by atoms with van der Waals surface area (Å²) >= 11 is 5.56. The molecular weight excluding hydrogens is 128 g/mol. The van der Waals surface area contributed by atoms with Crippen molar-refractivity contribution in [3.8, 4) is 0 Å². The first-order chi connectivity index (χ1) is 3.81. The van der Waals surface area contributed by atoms with E-state index in [2.05, 4.69) is 0 Å². The summed E-state index contributed by atoms with van der Waals surface area (Å²) in [5, 5.41) is 16.5. The molecule has 0 aliphatic rings. The van der Waals surface area contributed by atoms with Crippen molar-refractivity contribution >= 4 is 11.6 Å². The largest absolute Gasteiger partial charge is 0.396 e. The van der Waals surface area contributed by atoms with Crippen LogP contribution in [0.1, 0.15) is 12.8 Å². The Hall–Kier alpha value is 0.210. The molecule has 8 heavy (non-hydrogen) atoms. The van der Waals surface area contributed by atoms with Crippen LogP contribution in [0, 0.1) is 0 Å². The molecule has 0 radical (unpaired) electrons. The SMILES string of the molecule is OCCC(Cl)CCO. The zero-order valence-corrected chi connectivity index (χ0v) is 5.43. The zero-order valence-electron chi connectivity index (χ0n) is 4.68.